The lowest BCUT2D eigenvalue weighted by atomic mass is 9.75. The summed E-state index contributed by atoms with van der Waals surface area (Å²) in [4.78, 5) is 11.3. The van der Waals surface area contributed by atoms with Gasteiger partial charge in [0, 0.05) is 5.54 Å². The molecule has 1 fully saturated rings. The topological polar surface area (TPSA) is 52.9 Å². The number of nitrogens with zero attached hydrogens (tertiary/aromatic N) is 1. The predicted octanol–water partition coefficient (Wildman–Crippen LogP) is 1.99. The van der Waals surface area contributed by atoms with Crippen molar-refractivity contribution in [2.75, 3.05) is 0 Å². The zero-order chi connectivity index (χ0) is 10.6. The largest absolute Gasteiger partial charge is 0.350 e. The van der Waals surface area contributed by atoms with Gasteiger partial charge in [-0.15, -0.1) is 0 Å². The lowest BCUT2D eigenvalue weighted by Gasteiger charge is -2.40. The molecule has 1 aliphatic rings. The molecular formula is C11H18N2O. The Morgan fingerprint density at radius 1 is 1.64 bits per heavy atom. The van der Waals surface area contributed by atoms with Crippen LogP contribution in [0.2, 0.25) is 0 Å². The van der Waals surface area contributed by atoms with Crippen molar-refractivity contribution in [2.45, 2.75) is 51.5 Å². The first-order chi connectivity index (χ1) is 6.58. The molecule has 0 radical (unpaired) electrons. The van der Waals surface area contributed by atoms with E-state index in [0.717, 1.165) is 6.42 Å². The Morgan fingerprint density at radius 2 is 2.36 bits per heavy atom. The molecule has 0 unspecified atom stereocenters. The molecule has 0 saturated heterocycles. The number of hydrogen-bond donors (Lipinski definition) is 1. The molecule has 3 heteroatoms. The van der Waals surface area contributed by atoms with E-state index in [0.29, 0.717) is 5.92 Å². The molecule has 1 N–H and O–H groups in total. The van der Waals surface area contributed by atoms with Gasteiger partial charge in [-0.2, -0.15) is 5.26 Å². The Labute approximate surface area is 85.5 Å². The van der Waals surface area contributed by atoms with E-state index < -0.39 is 0 Å². The molecule has 1 aliphatic carbocycles. The zero-order valence-corrected chi connectivity index (χ0v) is 8.97. The van der Waals surface area contributed by atoms with Gasteiger partial charge in [-0.1, -0.05) is 19.8 Å². The maximum absolute atomic E-state index is 11.3. The van der Waals surface area contributed by atoms with Crippen molar-refractivity contribution in [1.82, 2.24) is 5.32 Å². The second kappa shape index (κ2) is 4.45. The second-order valence-electron chi connectivity index (χ2n) is 4.45. The molecule has 1 amide bonds. The van der Waals surface area contributed by atoms with Crippen LogP contribution in [0, 0.1) is 17.2 Å². The molecule has 1 rings (SSSR count). The summed E-state index contributed by atoms with van der Waals surface area (Å²) < 4.78 is 0. The van der Waals surface area contributed by atoms with Gasteiger partial charge in [-0.3, -0.25) is 4.79 Å². The van der Waals surface area contributed by atoms with Crippen molar-refractivity contribution in [3.05, 3.63) is 0 Å². The summed E-state index contributed by atoms with van der Waals surface area (Å²) in [6.45, 7) is 4.26. The van der Waals surface area contributed by atoms with E-state index in [-0.39, 0.29) is 17.9 Å². The van der Waals surface area contributed by atoms with E-state index in [1.165, 1.54) is 19.3 Å². The van der Waals surface area contributed by atoms with Crippen molar-refractivity contribution >= 4 is 5.91 Å². The van der Waals surface area contributed by atoms with Crippen LogP contribution in [0.3, 0.4) is 0 Å². The van der Waals surface area contributed by atoms with Crippen molar-refractivity contribution in [3.8, 4) is 6.07 Å². The molecule has 78 valence electrons. The fourth-order valence-electron chi connectivity index (χ4n) is 2.13. The third-order valence-electron chi connectivity index (χ3n) is 3.34. The van der Waals surface area contributed by atoms with Crippen LogP contribution in [0.25, 0.3) is 0 Å². The van der Waals surface area contributed by atoms with Crippen LogP contribution in [0.1, 0.15) is 46.0 Å². The summed E-state index contributed by atoms with van der Waals surface area (Å²) in [6.07, 6.45) is 4.61. The Morgan fingerprint density at radius 3 is 2.93 bits per heavy atom. The minimum atomic E-state index is -0.135. The highest BCUT2D eigenvalue weighted by molar-refractivity contribution is 5.78. The highest BCUT2D eigenvalue weighted by Gasteiger charge is 2.34. The summed E-state index contributed by atoms with van der Waals surface area (Å²) in [6, 6.07) is 1.88. The maximum Gasteiger partial charge on any atom is 0.234 e. The standard InChI is InChI=1S/C11H18N2O/c1-9-5-3-4-7-11(9,2)13-10(14)6-8-12/h9H,3-7H2,1-2H3,(H,13,14)/t9-,11+/m1/s1. The fraction of sp³-hybridized carbons (Fsp3) is 0.818. The molecule has 0 aliphatic heterocycles. The van der Waals surface area contributed by atoms with E-state index in [2.05, 4.69) is 19.2 Å². The van der Waals surface area contributed by atoms with E-state index in [1.54, 1.807) is 0 Å². The Kier molecular flexibility index (Phi) is 3.51. The number of carbonyl (C=O) groups is 1. The number of rotatable bonds is 2. The van der Waals surface area contributed by atoms with Crippen LogP contribution in [-0.2, 0) is 4.79 Å². The van der Waals surface area contributed by atoms with Gasteiger partial charge in [-0.25, -0.2) is 0 Å². The first-order valence-electron chi connectivity index (χ1n) is 5.26. The van der Waals surface area contributed by atoms with Crippen LogP contribution in [0.5, 0.6) is 0 Å². The quantitative estimate of drug-likeness (QED) is 0.730. The third-order valence-corrected chi connectivity index (χ3v) is 3.34. The maximum atomic E-state index is 11.3. The fourth-order valence-corrected chi connectivity index (χ4v) is 2.13. The van der Waals surface area contributed by atoms with Gasteiger partial charge in [0.25, 0.3) is 0 Å². The van der Waals surface area contributed by atoms with Gasteiger partial charge in [0.05, 0.1) is 6.07 Å². The summed E-state index contributed by atoms with van der Waals surface area (Å²) >= 11 is 0. The molecule has 0 aromatic carbocycles. The number of carbonyl (C=O) groups excluding carboxylic acids is 1. The van der Waals surface area contributed by atoms with Gasteiger partial charge < -0.3 is 5.32 Å². The Balaban J connectivity index is 2.55. The summed E-state index contributed by atoms with van der Waals surface area (Å²) in [5.41, 5.74) is -0.0911. The highest BCUT2D eigenvalue weighted by Crippen LogP contribution is 2.33. The third kappa shape index (κ3) is 2.47. The summed E-state index contributed by atoms with van der Waals surface area (Å²) in [5, 5.41) is 11.4. The van der Waals surface area contributed by atoms with E-state index in [9.17, 15) is 4.79 Å². The molecule has 0 heterocycles. The van der Waals surface area contributed by atoms with Crippen molar-refractivity contribution in [2.24, 2.45) is 5.92 Å². The normalized spacial score (nSPS) is 31.9. The average Bonchev–Trinajstić information content (AvgIpc) is 2.10. The average molecular weight is 194 g/mol. The van der Waals surface area contributed by atoms with Crippen molar-refractivity contribution in [1.29, 1.82) is 5.26 Å². The van der Waals surface area contributed by atoms with E-state index in [4.69, 9.17) is 5.26 Å². The molecule has 14 heavy (non-hydrogen) atoms. The molecule has 0 aromatic rings. The highest BCUT2D eigenvalue weighted by atomic mass is 16.1. The molecule has 1 saturated carbocycles. The minimum absolute atomic E-state index is 0.0255. The summed E-state index contributed by atoms with van der Waals surface area (Å²) in [5.74, 6) is 0.377. The van der Waals surface area contributed by atoms with Crippen molar-refractivity contribution in [3.63, 3.8) is 0 Å². The van der Waals surface area contributed by atoms with Crippen LogP contribution in [0.4, 0.5) is 0 Å². The molecule has 0 spiro atoms. The van der Waals surface area contributed by atoms with Crippen LogP contribution in [-0.4, -0.2) is 11.4 Å². The lowest BCUT2D eigenvalue weighted by Crippen LogP contribution is -2.52. The first-order valence-corrected chi connectivity index (χ1v) is 5.26. The molecule has 2 atom stereocenters. The molecule has 3 nitrogen and oxygen atoms in total. The number of hydrogen-bond acceptors (Lipinski definition) is 2. The lowest BCUT2D eigenvalue weighted by molar-refractivity contribution is -0.122. The van der Waals surface area contributed by atoms with E-state index in [1.807, 2.05) is 6.07 Å². The monoisotopic (exact) mass is 194 g/mol. The number of nitriles is 1. The van der Waals surface area contributed by atoms with Gasteiger partial charge in [-0.05, 0) is 25.7 Å². The number of amides is 1. The smallest absolute Gasteiger partial charge is 0.234 e. The van der Waals surface area contributed by atoms with Gasteiger partial charge in [0.15, 0.2) is 0 Å². The van der Waals surface area contributed by atoms with Gasteiger partial charge >= 0.3 is 0 Å². The molecule has 0 aromatic heterocycles. The van der Waals surface area contributed by atoms with Crippen LogP contribution < -0.4 is 5.32 Å². The minimum Gasteiger partial charge on any atom is -0.350 e. The van der Waals surface area contributed by atoms with Gasteiger partial charge in [0.2, 0.25) is 5.91 Å². The SMILES string of the molecule is C[C@@H]1CCCC[C@]1(C)NC(=O)CC#N. The van der Waals surface area contributed by atoms with Crippen LogP contribution >= 0.6 is 0 Å². The van der Waals surface area contributed by atoms with Crippen molar-refractivity contribution < 1.29 is 4.79 Å². The summed E-state index contributed by atoms with van der Waals surface area (Å²) in [7, 11) is 0. The Hall–Kier alpha value is -1.04. The number of nitrogens with one attached hydrogen (secondary N) is 1. The first kappa shape index (κ1) is 11.0. The Bertz CT molecular complexity index is 257. The van der Waals surface area contributed by atoms with E-state index >= 15 is 0 Å². The van der Waals surface area contributed by atoms with Gasteiger partial charge in [0.1, 0.15) is 6.42 Å². The van der Waals surface area contributed by atoms with Crippen LogP contribution in [0.15, 0.2) is 0 Å². The second-order valence-corrected chi connectivity index (χ2v) is 4.45. The zero-order valence-electron chi connectivity index (χ0n) is 8.97. The predicted molar refractivity (Wildman–Crippen MR) is 54.4 cm³/mol. The molecular weight excluding hydrogens is 176 g/mol. The molecule has 0 bridgehead atoms.